The van der Waals surface area contributed by atoms with Crippen molar-refractivity contribution in [2.75, 3.05) is 13.7 Å². The minimum Gasteiger partial charge on any atom is -0.490 e. The van der Waals surface area contributed by atoms with Crippen LogP contribution in [-0.2, 0) is 9.53 Å². The van der Waals surface area contributed by atoms with Crippen molar-refractivity contribution in [3.05, 3.63) is 29.8 Å². The molecule has 0 saturated heterocycles. The van der Waals surface area contributed by atoms with Crippen LogP contribution in [0.25, 0.3) is 0 Å². The van der Waals surface area contributed by atoms with Crippen LogP contribution in [0.3, 0.4) is 0 Å². The molecule has 0 aromatic heterocycles. The molecule has 1 aromatic rings. The lowest BCUT2D eigenvalue weighted by atomic mass is 9.98. The summed E-state index contributed by atoms with van der Waals surface area (Å²) in [5.74, 6) is -1.89. The zero-order valence-electron chi connectivity index (χ0n) is 10.9. The highest BCUT2D eigenvalue weighted by atomic mass is 19.1. The molecule has 0 radical (unpaired) electrons. The Morgan fingerprint density at radius 1 is 1.42 bits per heavy atom. The molecule has 1 atom stereocenters. The lowest BCUT2D eigenvalue weighted by Gasteiger charge is -2.21. The molecule has 0 bridgehead atoms. The van der Waals surface area contributed by atoms with Gasteiger partial charge in [0.15, 0.2) is 11.6 Å². The number of hydrogen-bond acceptors (Lipinski definition) is 4. The monoisotopic (exact) mass is 273 g/mol. The van der Waals surface area contributed by atoms with Crippen molar-refractivity contribution in [1.82, 2.24) is 0 Å². The third-order valence-electron chi connectivity index (χ3n) is 2.64. The Hall–Kier alpha value is -1.69. The molecular weight excluding hydrogens is 256 g/mol. The van der Waals surface area contributed by atoms with Gasteiger partial charge in [0.05, 0.1) is 13.7 Å². The van der Waals surface area contributed by atoms with Gasteiger partial charge in [-0.15, -0.1) is 0 Å². The van der Waals surface area contributed by atoms with E-state index in [9.17, 15) is 13.6 Å². The summed E-state index contributed by atoms with van der Waals surface area (Å²) in [6.45, 7) is 1.67. The summed E-state index contributed by atoms with van der Waals surface area (Å²) >= 11 is 0. The van der Waals surface area contributed by atoms with Crippen LogP contribution in [0.15, 0.2) is 18.2 Å². The third kappa shape index (κ3) is 4.48. The minimum absolute atomic E-state index is 0.129. The molecule has 0 spiro atoms. The topological polar surface area (TPSA) is 61.5 Å². The molecule has 106 valence electrons. The minimum atomic E-state index is -1.11. The van der Waals surface area contributed by atoms with Gasteiger partial charge in [-0.2, -0.15) is 0 Å². The highest BCUT2D eigenvalue weighted by Gasteiger charge is 2.28. The second-order valence-electron chi connectivity index (χ2n) is 4.44. The molecule has 1 aromatic carbocycles. The van der Waals surface area contributed by atoms with E-state index in [1.54, 1.807) is 6.92 Å². The molecule has 0 heterocycles. The van der Waals surface area contributed by atoms with Crippen LogP contribution in [0.2, 0.25) is 0 Å². The molecule has 2 N–H and O–H groups in total. The Morgan fingerprint density at radius 2 is 2.11 bits per heavy atom. The maximum Gasteiger partial charge on any atom is 0.325 e. The molecule has 1 unspecified atom stereocenters. The molecule has 0 fully saturated rings. The van der Waals surface area contributed by atoms with Crippen LogP contribution in [0.1, 0.15) is 19.8 Å². The maximum atomic E-state index is 13.2. The Morgan fingerprint density at radius 3 is 2.74 bits per heavy atom. The van der Waals surface area contributed by atoms with E-state index in [4.69, 9.17) is 10.5 Å². The van der Waals surface area contributed by atoms with Crippen molar-refractivity contribution < 1.29 is 23.0 Å². The fourth-order valence-electron chi connectivity index (χ4n) is 1.54. The van der Waals surface area contributed by atoms with Gasteiger partial charge in [-0.1, -0.05) is 0 Å². The molecule has 0 aliphatic rings. The zero-order valence-corrected chi connectivity index (χ0v) is 10.9. The number of benzene rings is 1. The first-order valence-corrected chi connectivity index (χ1v) is 5.82. The first-order chi connectivity index (χ1) is 8.86. The lowest BCUT2D eigenvalue weighted by Crippen LogP contribution is -2.45. The summed E-state index contributed by atoms with van der Waals surface area (Å²) < 4.78 is 35.7. The van der Waals surface area contributed by atoms with Crippen LogP contribution < -0.4 is 10.5 Å². The SMILES string of the molecule is COC(=O)C(C)(N)CCCOc1cc(F)ccc1F. The number of carbonyl (C=O) groups is 1. The van der Waals surface area contributed by atoms with Gasteiger partial charge in [-0.25, -0.2) is 8.78 Å². The number of methoxy groups -OCH3 is 1. The Labute approximate surface area is 110 Å². The van der Waals surface area contributed by atoms with Gasteiger partial charge in [0.2, 0.25) is 0 Å². The number of carbonyl (C=O) groups excluding carboxylic acids is 1. The van der Waals surface area contributed by atoms with Crippen LogP contribution in [0, 0.1) is 11.6 Å². The summed E-state index contributed by atoms with van der Waals surface area (Å²) in [5, 5.41) is 0. The van der Waals surface area contributed by atoms with Crippen molar-refractivity contribution >= 4 is 5.97 Å². The highest BCUT2D eigenvalue weighted by molar-refractivity contribution is 5.79. The first kappa shape index (κ1) is 15.4. The molecule has 6 heteroatoms. The summed E-state index contributed by atoms with van der Waals surface area (Å²) in [5.41, 5.74) is 4.63. The molecule has 0 saturated carbocycles. The van der Waals surface area contributed by atoms with Gasteiger partial charge in [0, 0.05) is 6.07 Å². The molecule has 0 aliphatic carbocycles. The zero-order chi connectivity index (χ0) is 14.5. The van der Waals surface area contributed by atoms with Gasteiger partial charge >= 0.3 is 5.97 Å². The Bertz CT molecular complexity index is 450. The van der Waals surface area contributed by atoms with E-state index in [0.29, 0.717) is 12.8 Å². The van der Waals surface area contributed by atoms with E-state index >= 15 is 0 Å². The van der Waals surface area contributed by atoms with E-state index in [0.717, 1.165) is 18.2 Å². The van der Waals surface area contributed by atoms with Crippen LogP contribution in [-0.4, -0.2) is 25.2 Å². The number of halogens is 2. The van der Waals surface area contributed by atoms with Crippen LogP contribution >= 0.6 is 0 Å². The quantitative estimate of drug-likeness (QED) is 0.636. The molecule has 0 aliphatic heterocycles. The van der Waals surface area contributed by atoms with Gasteiger partial charge in [-0.05, 0) is 31.9 Å². The number of esters is 1. The van der Waals surface area contributed by atoms with E-state index in [1.807, 2.05) is 0 Å². The van der Waals surface area contributed by atoms with Crippen molar-refractivity contribution in [1.29, 1.82) is 0 Å². The smallest absolute Gasteiger partial charge is 0.325 e. The fourth-order valence-corrected chi connectivity index (χ4v) is 1.54. The third-order valence-corrected chi connectivity index (χ3v) is 2.64. The van der Waals surface area contributed by atoms with E-state index < -0.39 is 23.1 Å². The van der Waals surface area contributed by atoms with Crippen molar-refractivity contribution in [3.63, 3.8) is 0 Å². The Kier molecular flexibility index (Phi) is 5.23. The molecule has 4 nitrogen and oxygen atoms in total. The largest absolute Gasteiger partial charge is 0.490 e. The predicted octanol–water partition coefficient (Wildman–Crippen LogP) is 2.01. The standard InChI is InChI=1S/C13H17F2NO3/c1-13(16,12(17)18-2)6-3-7-19-11-8-9(14)4-5-10(11)15/h4-5,8H,3,6-7,16H2,1-2H3. The predicted molar refractivity (Wildman–Crippen MR) is 65.7 cm³/mol. The van der Waals surface area contributed by atoms with E-state index in [2.05, 4.69) is 4.74 Å². The summed E-state index contributed by atoms with van der Waals surface area (Å²) in [6, 6.07) is 2.97. The fraction of sp³-hybridized carbons (Fsp3) is 0.462. The summed E-state index contributed by atoms with van der Waals surface area (Å²) in [4.78, 5) is 11.3. The number of hydrogen-bond donors (Lipinski definition) is 1. The van der Waals surface area contributed by atoms with Crippen LogP contribution in [0.4, 0.5) is 8.78 Å². The van der Waals surface area contributed by atoms with E-state index in [-0.39, 0.29) is 12.4 Å². The van der Waals surface area contributed by atoms with E-state index in [1.165, 1.54) is 7.11 Å². The molecule has 1 rings (SSSR count). The average Bonchev–Trinajstić information content (AvgIpc) is 2.37. The average molecular weight is 273 g/mol. The summed E-state index contributed by atoms with van der Waals surface area (Å²) in [6.07, 6.45) is 0.731. The number of rotatable bonds is 6. The van der Waals surface area contributed by atoms with Crippen LogP contribution in [0.5, 0.6) is 5.75 Å². The maximum absolute atomic E-state index is 13.2. The van der Waals surface area contributed by atoms with Gasteiger partial charge in [0.1, 0.15) is 11.4 Å². The van der Waals surface area contributed by atoms with Crippen molar-refractivity contribution in [2.24, 2.45) is 5.73 Å². The number of nitrogens with two attached hydrogens (primary N) is 1. The second kappa shape index (κ2) is 6.47. The molecule has 19 heavy (non-hydrogen) atoms. The van der Waals surface area contributed by atoms with Gasteiger partial charge in [-0.3, -0.25) is 4.79 Å². The molecular formula is C13H17F2NO3. The first-order valence-electron chi connectivity index (χ1n) is 5.82. The van der Waals surface area contributed by atoms with Gasteiger partial charge < -0.3 is 15.2 Å². The number of ether oxygens (including phenoxy) is 2. The second-order valence-corrected chi connectivity index (χ2v) is 4.44. The van der Waals surface area contributed by atoms with Gasteiger partial charge in [0.25, 0.3) is 0 Å². The van der Waals surface area contributed by atoms with Crippen molar-refractivity contribution in [2.45, 2.75) is 25.3 Å². The van der Waals surface area contributed by atoms with Crippen molar-refractivity contribution in [3.8, 4) is 5.75 Å². The lowest BCUT2D eigenvalue weighted by molar-refractivity contribution is -0.146. The Balaban J connectivity index is 2.43. The summed E-state index contributed by atoms with van der Waals surface area (Å²) in [7, 11) is 1.26. The highest BCUT2D eigenvalue weighted by Crippen LogP contribution is 2.19. The molecule has 0 amide bonds. The normalized spacial score (nSPS) is 13.7.